The molecule has 0 fully saturated rings. The third kappa shape index (κ3) is 7.35. The molecule has 7 heteroatoms. The Labute approximate surface area is 199 Å². The zero-order chi connectivity index (χ0) is 23.6. The van der Waals surface area contributed by atoms with Crippen molar-refractivity contribution >= 4 is 29.5 Å². The van der Waals surface area contributed by atoms with Gasteiger partial charge in [0.1, 0.15) is 6.04 Å². The molecule has 1 aliphatic carbocycles. The van der Waals surface area contributed by atoms with Crippen LogP contribution in [0.5, 0.6) is 0 Å². The highest BCUT2D eigenvalue weighted by Gasteiger charge is 2.24. The van der Waals surface area contributed by atoms with Crippen LogP contribution < -0.4 is 10.6 Å². The number of nitrogens with one attached hydrogen (secondary N) is 2. The molecule has 0 aromatic heterocycles. The van der Waals surface area contributed by atoms with Gasteiger partial charge in [0.05, 0.1) is 6.04 Å². The highest BCUT2D eigenvalue weighted by atomic mass is 32.2. The minimum Gasteiger partial charge on any atom is -0.454 e. The summed E-state index contributed by atoms with van der Waals surface area (Å²) in [6, 6.07) is 14.1. The molecule has 3 rings (SSSR count). The quantitative estimate of drug-likeness (QED) is 0.518. The van der Waals surface area contributed by atoms with E-state index in [1.165, 1.54) is 24.0 Å². The molecule has 2 aromatic carbocycles. The molecule has 0 spiro atoms. The van der Waals surface area contributed by atoms with E-state index in [9.17, 15) is 14.4 Å². The van der Waals surface area contributed by atoms with Crippen LogP contribution >= 0.6 is 11.8 Å². The minimum atomic E-state index is -0.809. The van der Waals surface area contributed by atoms with Crippen molar-refractivity contribution in [1.29, 1.82) is 0 Å². The lowest BCUT2D eigenvalue weighted by atomic mass is 9.89. The molecule has 0 bridgehead atoms. The zero-order valence-corrected chi connectivity index (χ0v) is 20.1. The molecule has 0 aliphatic heterocycles. The van der Waals surface area contributed by atoms with Gasteiger partial charge in [-0.05, 0) is 79.9 Å². The summed E-state index contributed by atoms with van der Waals surface area (Å²) < 4.78 is 5.25. The topological polar surface area (TPSA) is 84.5 Å². The summed E-state index contributed by atoms with van der Waals surface area (Å²) in [4.78, 5) is 37.5. The van der Waals surface area contributed by atoms with Gasteiger partial charge in [-0.25, -0.2) is 4.79 Å². The number of thioether (sulfide) groups is 1. The molecular weight excluding hydrogens is 436 g/mol. The van der Waals surface area contributed by atoms with Gasteiger partial charge in [-0.3, -0.25) is 9.59 Å². The Morgan fingerprint density at radius 3 is 2.45 bits per heavy atom. The molecule has 33 heavy (non-hydrogen) atoms. The fourth-order valence-electron chi connectivity index (χ4n) is 3.94. The zero-order valence-electron chi connectivity index (χ0n) is 19.3. The van der Waals surface area contributed by atoms with Crippen LogP contribution in [0.15, 0.2) is 48.5 Å². The molecule has 1 aliphatic rings. The van der Waals surface area contributed by atoms with Crippen molar-refractivity contribution in [3.63, 3.8) is 0 Å². The molecule has 2 unspecified atom stereocenters. The Morgan fingerprint density at radius 2 is 1.73 bits per heavy atom. The first-order valence-corrected chi connectivity index (χ1v) is 12.8. The smallest absolute Gasteiger partial charge is 0.329 e. The first kappa shape index (κ1) is 24.8. The van der Waals surface area contributed by atoms with Gasteiger partial charge in [-0.2, -0.15) is 11.8 Å². The summed E-state index contributed by atoms with van der Waals surface area (Å²) in [5, 5.41) is 5.63. The third-order valence-electron chi connectivity index (χ3n) is 5.83. The normalized spacial score (nSPS) is 14.5. The van der Waals surface area contributed by atoms with E-state index in [1.807, 2.05) is 19.2 Å². The average molecular weight is 469 g/mol. The lowest BCUT2D eigenvalue weighted by molar-refractivity contribution is -0.150. The Hall–Kier alpha value is -2.80. The van der Waals surface area contributed by atoms with E-state index in [0.717, 1.165) is 18.4 Å². The maximum absolute atomic E-state index is 12.6. The van der Waals surface area contributed by atoms with Gasteiger partial charge in [0.25, 0.3) is 11.8 Å². The summed E-state index contributed by atoms with van der Waals surface area (Å²) >= 11 is 1.57. The maximum atomic E-state index is 12.6. The largest absolute Gasteiger partial charge is 0.454 e. The highest BCUT2D eigenvalue weighted by molar-refractivity contribution is 7.98. The van der Waals surface area contributed by atoms with E-state index >= 15 is 0 Å². The number of carbonyl (C=O) groups is 3. The van der Waals surface area contributed by atoms with Gasteiger partial charge in [0.15, 0.2) is 6.61 Å². The fraction of sp³-hybridized carbons (Fsp3) is 0.423. The van der Waals surface area contributed by atoms with Crippen molar-refractivity contribution in [1.82, 2.24) is 10.6 Å². The van der Waals surface area contributed by atoms with E-state index in [0.29, 0.717) is 17.7 Å². The number of aryl methyl sites for hydroxylation is 2. The minimum absolute atomic E-state index is 0.187. The average Bonchev–Trinajstić information content (AvgIpc) is 2.85. The number of fused-ring (bicyclic) bond motifs is 1. The van der Waals surface area contributed by atoms with Crippen LogP contribution in [0.1, 0.15) is 59.3 Å². The van der Waals surface area contributed by atoms with Crippen LogP contribution in [0.4, 0.5) is 0 Å². The van der Waals surface area contributed by atoms with Crippen LogP contribution in [-0.4, -0.2) is 42.4 Å². The summed E-state index contributed by atoms with van der Waals surface area (Å²) in [6.45, 7) is 1.54. The number of esters is 1. The summed E-state index contributed by atoms with van der Waals surface area (Å²) in [5.74, 6) is -0.642. The lowest BCUT2D eigenvalue weighted by Crippen LogP contribution is -2.43. The molecule has 2 aromatic rings. The van der Waals surface area contributed by atoms with Crippen LogP contribution in [0.2, 0.25) is 0 Å². The summed E-state index contributed by atoms with van der Waals surface area (Å²) in [6.07, 6.45) is 6.97. The third-order valence-corrected chi connectivity index (χ3v) is 6.48. The molecular formula is C26H32N2O4S. The molecule has 2 N–H and O–H groups in total. The maximum Gasteiger partial charge on any atom is 0.329 e. The molecule has 2 amide bonds. The molecule has 176 valence electrons. The number of rotatable bonds is 10. The van der Waals surface area contributed by atoms with Crippen molar-refractivity contribution in [3.8, 4) is 0 Å². The number of amides is 2. The Bertz CT molecular complexity index is 964. The number of ether oxygens (including phenoxy) is 1. The number of carbonyl (C=O) groups excluding carboxylic acids is 3. The Kier molecular flexibility index (Phi) is 9.36. The monoisotopic (exact) mass is 468 g/mol. The molecule has 2 atom stereocenters. The van der Waals surface area contributed by atoms with Gasteiger partial charge >= 0.3 is 5.97 Å². The predicted octanol–water partition coefficient (Wildman–Crippen LogP) is 3.84. The lowest BCUT2D eigenvalue weighted by Gasteiger charge is -2.20. The van der Waals surface area contributed by atoms with Crippen LogP contribution in [-0.2, 0) is 27.2 Å². The Balaban J connectivity index is 1.52. The summed E-state index contributed by atoms with van der Waals surface area (Å²) in [5.41, 5.74) is 4.27. The van der Waals surface area contributed by atoms with E-state index in [4.69, 9.17) is 4.74 Å². The SMILES string of the molecule is CSCCC(NC(=O)c1ccccc1)C(=O)OCC(=O)NC(C)c1ccc2c(c1)CCCC2. The first-order chi connectivity index (χ1) is 16.0. The molecule has 0 heterocycles. The molecule has 0 saturated carbocycles. The fourth-order valence-corrected chi connectivity index (χ4v) is 4.41. The van der Waals surface area contributed by atoms with Gasteiger partial charge in [-0.1, -0.05) is 36.4 Å². The second kappa shape index (κ2) is 12.4. The summed E-state index contributed by atoms with van der Waals surface area (Å²) in [7, 11) is 0. The van der Waals surface area contributed by atoms with Gasteiger partial charge in [-0.15, -0.1) is 0 Å². The Morgan fingerprint density at radius 1 is 1.00 bits per heavy atom. The van der Waals surface area contributed by atoms with E-state index in [-0.39, 0.29) is 24.5 Å². The van der Waals surface area contributed by atoms with Crippen LogP contribution in [0, 0.1) is 0 Å². The number of hydrogen-bond donors (Lipinski definition) is 2. The van der Waals surface area contributed by atoms with Crippen molar-refractivity contribution in [2.24, 2.45) is 0 Å². The van der Waals surface area contributed by atoms with Crippen molar-refractivity contribution < 1.29 is 19.1 Å². The van der Waals surface area contributed by atoms with Crippen LogP contribution in [0.3, 0.4) is 0 Å². The van der Waals surface area contributed by atoms with Crippen molar-refractivity contribution in [2.75, 3.05) is 18.6 Å². The molecule has 0 saturated heterocycles. The highest BCUT2D eigenvalue weighted by Crippen LogP contribution is 2.24. The van der Waals surface area contributed by atoms with E-state index < -0.39 is 12.0 Å². The number of benzene rings is 2. The second-order valence-corrected chi connectivity index (χ2v) is 9.29. The second-order valence-electron chi connectivity index (χ2n) is 8.31. The van der Waals surface area contributed by atoms with Crippen LogP contribution in [0.25, 0.3) is 0 Å². The van der Waals surface area contributed by atoms with Gasteiger partial charge in [0, 0.05) is 5.56 Å². The standard InChI is InChI=1S/C26H32N2O4S/c1-18(21-13-12-19-8-6-7-11-22(19)16-21)27-24(29)17-32-26(31)23(14-15-33-2)28-25(30)20-9-4-3-5-10-20/h3-5,9-10,12-13,16,18,23H,6-8,11,14-15,17H2,1-2H3,(H,27,29)(H,28,30). The van der Waals surface area contributed by atoms with Gasteiger partial charge in [0.2, 0.25) is 0 Å². The predicted molar refractivity (Wildman–Crippen MR) is 131 cm³/mol. The van der Waals surface area contributed by atoms with E-state index in [2.05, 4.69) is 28.8 Å². The number of hydrogen-bond acceptors (Lipinski definition) is 5. The van der Waals surface area contributed by atoms with E-state index in [1.54, 1.807) is 36.0 Å². The van der Waals surface area contributed by atoms with Gasteiger partial charge < -0.3 is 15.4 Å². The van der Waals surface area contributed by atoms with Crippen molar-refractivity contribution in [3.05, 3.63) is 70.8 Å². The molecule has 6 nitrogen and oxygen atoms in total. The molecule has 0 radical (unpaired) electrons. The van der Waals surface area contributed by atoms with Crippen molar-refractivity contribution in [2.45, 2.75) is 51.1 Å². The first-order valence-electron chi connectivity index (χ1n) is 11.4.